The molecule has 15 heteroatoms. The predicted molar refractivity (Wildman–Crippen MR) is 211 cm³/mol. The van der Waals surface area contributed by atoms with Gasteiger partial charge in [0.1, 0.15) is 35.2 Å². The number of pyridine rings is 1. The van der Waals surface area contributed by atoms with E-state index in [1.807, 2.05) is 25.1 Å². The van der Waals surface area contributed by atoms with Crippen molar-refractivity contribution < 1.29 is 62.5 Å². The summed E-state index contributed by atoms with van der Waals surface area (Å²) in [5.41, 5.74) is 1.95. The third-order valence-electron chi connectivity index (χ3n) is 10.8. The predicted octanol–water partition coefficient (Wildman–Crippen LogP) is 7.29. The van der Waals surface area contributed by atoms with E-state index in [9.17, 15) is 24.6 Å². The van der Waals surface area contributed by atoms with Crippen LogP contribution in [-0.2, 0) is 55.0 Å². The molecule has 5 aromatic rings. The molecule has 5 heterocycles. The van der Waals surface area contributed by atoms with Crippen molar-refractivity contribution in [3.63, 3.8) is 0 Å². The van der Waals surface area contributed by atoms with Gasteiger partial charge in [-0.2, -0.15) is 0 Å². The van der Waals surface area contributed by atoms with E-state index in [1.54, 1.807) is 42.5 Å². The van der Waals surface area contributed by atoms with E-state index in [1.165, 1.54) is 32.0 Å². The topological polar surface area (TPSA) is 178 Å². The molecular weight excluding hydrogens is 830 g/mol. The van der Waals surface area contributed by atoms with Crippen molar-refractivity contribution in [2.24, 2.45) is 0 Å². The van der Waals surface area contributed by atoms with Gasteiger partial charge >= 0.3 is 17.9 Å². The number of carbonyl (C=O) groups is 3. The number of hydrogen-bond donors (Lipinski definition) is 2. The minimum absolute atomic E-state index is 0.0816. The van der Waals surface area contributed by atoms with Gasteiger partial charge in [-0.05, 0) is 66.6 Å². The summed E-state index contributed by atoms with van der Waals surface area (Å²) in [4.78, 5) is 43.4. The Morgan fingerprint density at radius 2 is 1.69 bits per heavy atom. The van der Waals surface area contributed by atoms with Gasteiger partial charge in [0.2, 0.25) is 0 Å². The van der Waals surface area contributed by atoms with Gasteiger partial charge in [-0.15, -0.1) is 0 Å². The molecule has 14 nitrogen and oxygen atoms in total. The lowest BCUT2D eigenvalue weighted by Gasteiger charge is -2.48. The monoisotopic (exact) mass is 867 g/mol. The lowest BCUT2D eigenvalue weighted by Crippen LogP contribution is -2.65. The first-order valence-corrected chi connectivity index (χ1v) is 19.9. The van der Waals surface area contributed by atoms with Crippen molar-refractivity contribution in [2.75, 3.05) is 6.61 Å². The van der Waals surface area contributed by atoms with Crippen LogP contribution in [0.4, 0.5) is 0 Å². The molecule has 2 N–H and O–H groups in total. The van der Waals surface area contributed by atoms with Crippen LogP contribution in [-0.4, -0.2) is 76.7 Å². The number of aromatic hydroxyl groups is 2. The zero-order valence-corrected chi connectivity index (χ0v) is 33.6. The standard InChI is InChI=1S/C44H38BrNO13/c1-4-7-36-52-20-35-39(58-36)40(54-21(2)47)41(55-22(3)48)43(57-35)53-19-23-16-32(46-31-14-10-24(45)17-27(23)31)37-33(50)15-13-30-38(37)56-34-18-25(49)11-12-29(34)44(30)28-9-6-5-8-26(28)42(51)59-44/h5-6,8-18,35-36,39-41,43,49-50H,4,7,19-20H2,1-3H3/t35-,36?,39-,40+,41-,43-,44?/m1/s1. The quantitative estimate of drug-likeness (QED) is 0.117. The number of hydrogen-bond acceptors (Lipinski definition) is 14. The summed E-state index contributed by atoms with van der Waals surface area (Å²) in [6.07, 6.45) is -4.22. The number of phenols is 2. The number of esters is 3. The summed E-state index contributed by atoms with van der Waals surface area (Å²) in [5, 5.41) is 22.9. The number of benzene rings is 4. The van der Waals surface area contributed by atoms with E-state index < -0.39 is 60.5 Å². The number of carbonyl (C=O) groups excluding carboxylic acids is 3. The molecule has 0 bridgehead atoms. The first-order valence-electron chi connectivity index (χ1n) is 19.1. The molecule has 4 aliphatic rings. The smallest absolute Gasteiger partial charge is 0.340 e. The van der Waals surface area contributed by atoms with Gasteiger partial charge in [-0.3, -0.25) is 9.59 Å². The normalized spacial score (nSPS) is 25.3. The molecule has 2 saturated heterocycles. The number of rotatable bonds is 8. The van der Waals surface area contributed by atoms with Crippen molar-refractivity contribution in [2.45, 2.75) is 82.8 Å². The van der Waals surface area contributed by atoms with E-state index in [0.717, 1.165) is 10.9 Å². The van der Waals surface area contributed by atoms with Gasteiger partial charge in [0.05, 0.1) is 35.6 Å². The maximum atomic E-state index is 13.5. The molecular formula is C44H38BrNO13. The second-order valence-electron chi connectivity index (χ2n) is 14.7. The molecule has 0 amide bonds. The second kappa shape index (κ2) is 15.2. The van der Waals surface area contributed by atoms with Gasteiger partial charge in [0, 0.05) is 46.5 Å². The maximum absolute atomic E-state index is 13.5. The minimum atomic E-state index is -1.48. The summed E-state index contributed by atoms with van der Waals surface area (Å²) in [6.45, 7) is 4.47. The molecule has 4 aliphatic heterocycles. The van der Waals surface area contributed by atoms with Crippen molar-refractivity contribution >= 4 is 44.7 Å². The molecule has 304 valence electrons. The molecule has 9 rings (SSSR count). The highest BCUT2D eigenvalue weighted by atomic mass is 79.9. The Hall–Kier alpha value is -5.58. The molecule has 2 unspecified atom stereocenters. The first-order chi connectivity index (χ1) is 28.4. The van der Waals surface area contributed by atoms with E-state index in [2.05, 4.69) is 15.9 Å². The van der Waals surface area contributed by atoms with E-state index in [4.69, 9.17) is 42.9 Å². The Labute approximate surface area is 346 Å². The third kappa shape index (κ3) is 6.76. The Kier molecular flexibility index (Phi) is 10.0. The van der Waals surface area contributed by atoms with E-state index in [0.29, 0.717) is 45.1 Å². The number of aromatic nitrogens is 1. The van der Waals surface area contributed by atoms with Crippen molar-refractivity contribution in [1.29, 1.82) is 0 Å². The zero-order chi connectivity index (χ0) is 41.2. The number of halogens is 1. The SMILES string of the molecule is CCCC1OC[C@H]2O[C@@H](OCc3cc(-c4c(O)ccc5c4Oc4cc(O)ccc4C54OC(=O)c5ccccc54)nc4ccc(Br)cc34)[C@H](OC(C)=O)[C@@H](OC(C)=O)[C@@H]2O1. The molecule has 0 saturated carbocycles. The van der Waals surface area contributed by atoms with Crippen LogP contribution in [0.1, 0.15) is 66.2 Å². The minimum Gasteiger partial charge on any atom is -0.508 e. The molecule has 4 aromatic carbocycles. The Morgan fingerprint density at radius 1 is 0.915 bits per heavy atom. The lowest BCUT2D eigenvalue weighted by molar-refractivity contribution is -0.362. The molecule has 59 heavy (non-hydrogen) atoms. The van der Waals surface area contributed by atoms with E-state index in [-0.39, 0.29) is 47.5 Å². The fraction of sp³-hybridized carbons (Fsp3) is 0.318. The molecule has 0 radical (unpaired) electrons. The molecule has 1 spiro atoms. The van der Waals surface area contributed by atoms with Crippen LogP contribution < -0.4 is 4.74 Å². The van der Waals surface area contributed by atoms with Crippen molar-refractivity contribution in [3.05, 3.63) is 111 Å². The Morgan fingerprint density at radius 3 is 2.49 bits per heavy atom. The van der Waals surface area contributed by atoms with Gasteiger partial charge in [0.25, 0.3) is 0 Å². The molecule has 2 fully saturated rings. The van der Waals surface area contributed by atoms with Crippen LogP contribution in [0.2, 0.25) is 0 Å². The second-order valence-corrected chi connectivity index (χ2v) is 15.6. The first kappa shape index (κ1) is 38.9. The third-order valence-corrected chi connectivity index (χ3v) is 11.3. The lowest BCUT2D eigenvalue weighted by atomic mass is 9.76. The van der Waals surface area contributed by atoms with Crippen molar-refractivity contribution in [1.82, 2.24) is 4.98 Å². The molecule has 0 aliphatic carbocycles. The fourth-order valence-corrected chi connectivity index (χ4v) is 8.77. The highest BCUT2D eigenvalue weighted by molar-refractivity contribution is 9.10. The summed E-state index contributed by atoms with van der Waals surface area (Å²) in [7, 11) is 0. The fourth-order valence-electron chi connectivity index (χ4n) is 8.41. The number of nitrogens with zero attached hydrogens (tertiary/aromatic N) is 1. The van der Waals surface area contributed by atoms with Crippen LogP contribution in [0.25, 0.3) is 22.2 Å². The summed E-state index contributed by atoms with van der Waals surface area (Å²) >= 11 is 3.56. The van der Waals surface area contributed by atoms with Crippen LogP contribution in [0.5, 0.6) is 23.0 Å². The number of ether oxygens (including phenoxy) is 8. The van der Waals surface area contributed by atoms with Gasteiger partial charge in [-0.25, -0.2) is 9.78 Å². The molecule has 7 atom stereocenters. The van der Waals surface area contributed by atoms with Crippen molar-refractivity contribution in [3.8, 4) is 34.3 Å². The Bertz CT molecular complexity index is 2530. The van der Waals surface area contributed by atoms with Crippen LogP contribution in [0.3, 0.4) is 0 Å². The van der Waals surface area contributed by atoms with Crippen LogP contribution in [0, 0.1) is 0 Å². The summed E-state index contributed by atoms with van der Waals surface area (Å²) in [5.74, 6) is -1.69. The number of fused-ring (bicyclic) bond motifs is 8. The summed E-state index contributed by atoms with van der Waals surface area (Å²) in [6, 6.07) is 22.0. The van der Waals surface area contributed by atoms with Gasteiger partial charge < -0.3 is 48.1 Å². The van der Waals surface area contributed by atoms with Gasteiger partial charge in [-0.1, -0.05) is 47.5 Å². The highest BCUT2D eigenvalue weighted by Crippen LogP contribution is 2.59. The maximum Gasteiger partial charge on any atom is 0.340 e. The van der Waals surface area contributed by atoms with Gasteiger partial charge in [0.15, 0.2) is 30.4 Å². The highest BCUT2D eigenvalue weighted by Gasteiger charge is 2.55. The summed E-state index contributed by atoms with van der Waals surface area (Å²) < 4.78 is 50.0. The van der Waals surface area contributed by atoms with Crippen LogP contribution in [0.15, 0.2) is 83.3 Å². The van der Waals surface area contributed by atoms with E-state index >= 15 is 0 Å². The average molecular weight is 869 g/mol. The zero-order valence-electron chi connectivity index (χ0n) is 32.0. The Balaban J connectivity index is 1.14. The average Bonchev–Trinajstić information content (AvgIpc) is 3.49. The molecule has 1 aromatic heterocycles. The van der Waals surface area contributed by atoms with Crippen LogP contribution >= 0.6 is 15.9 Å². The number of phenolic OH excluding ortho intramolecular Hbond substituents is 2. The largest absolute Gasteiger partial charge is 0.508 e.